The summed E-state index contributed by atoms with van der Waals surface area (Å²) in [5.41, 5.74) is 4.61. The number of benzene rings is 4. The van der Waals surface area contributed by atoms with E-state index in [2.05, 4.69) is 0 Å². The van der Waals surface area contributed by atoms with Crippen LogP contribution in [-0.4, -0.2) is 23.4 Å². The fourth-order valence-electron chi connectivity index (χ4n) is 4.48. The van der Waals surface area contributed by atoms with Gasteiger partial charge in [-0.1, -0.05) is 60.7 Å². The lowest BCUT2D eigenvalue weighted by Gasteiger charge is -2.10. The molecule has 0 radical (unpaired) electrons. The van der Waals surface area contributed by atoms with Gasteiger partial charge in [-0.05, 0) is 55.0 Å². The largest absolute Gasteiger partial charge is 0.497 e. The Hall–Kier alpha value is -4.64. The maximum Gasteiger partial charge on any atom is 0.315 e. The first-order valence-corrected chi connectivity index (χ1v) is 11.7. The molecule has 0 fully saturated rings. The van der Waals surface area contributed by atoms with Crippen LogP contribution in [0.1, 0.15) is 27.2 Å². The molecular weight excluding hydrogens is 450 g/mol. The smallest absolute Gasteiger partial charge is 0.315 e. The Bertz CT molecular complexity index is 1540. The van der Waals surface area contributed by atoms with Gasteiger partial charge in [0.15, 0.2) is 5.78 Å². The van der Waals surface area contributed by atoms with Crippen molar-refractivity contribution in [2.75, 3.05) is 7.11 Å². The van der Waals surface area contributed by atoms with Crippen LogP contribution >= 0.6 is 0 Å². The van der Waals surface area contributed by atoms with Gasteiger partial charge >= 0.3 is 5.97 Å². The van der Waals surface area contributed by atoms with E-state index in [1.807, 2.05) is 102 Å². The summed E-state index contributed by atoms with van der Waals surface area (Å²) in [5.74, 6) is 0.708. The third kappa shape index (κ3) is 4.51. The third-order valence-electron chi connectivity index (χ3n) is 6.19. The summed E-state index contributed by atoms with van der Waals surface area (Å²) >= 11 is 0. The molecule has 0 unspecified atom stereocenters. The molecular formula is C31H25NO4. The second-order valence-electron chi connectivity index (χ2n) is 8.50. The maximum absolute atomic E-state index is 13.7. The van der Waals surface area contributed by atoms with Crippen molar-refractivity contribution in [3.63, 3.8) is 0 Å². The number of hydrogen-bond donors (Lipinski definition) is 0. The molecule has 0 atom stereocenters. The first-order chi connectivity index (χ1) is 17.5. The molecule has 0 aliphatic rings. The van der Waals surface area contributed by atoms with Crippen LogP contribution in [0.2, 0.25) is 0 Å². The van der Waals surface area contributed by atoms with Gasteiger partial charge in [-0.15, -0.1) is 0 Å². The number of hydrogen-bond acceptors (Lipinski definition) is 4. The molecule has 0 bridgehead atoms. The average molecular weight is 476 g/mol. The number of ketones is 1. The van der Waals surface area contributed by atoms with Crippen LogP contribution in [-0.2, 0) is 11.2 Å². The molecule has 0 N–H and O–H groups in total. The second-order valence-corrected chi connectivity index (χ2v) is 8.50. The summed E-state index contributed by atoms with van der Waals surface area (Å²) in [7, 11) is 1.63. The molecule has 178 valence electrons. The van der Waals surface area contributed by atoms with Crippen LogP contribution in [0, 0.1) is 6.92 Å². The van der Waals surface area contributed by atoms with Gasteiger partial charge in [0.1, 0.15) is 11.5 Å². The molecule has 1 aromatic heterocycles. The minimum absolute atomic E-state index is 0.0851. The van der Waals surface area contributed by atoms with Crippen LogP contribution in [0.3, 0.4) is 0 Å². The van der Waals surface area contributed by atoms with Crippen molar-refractivity contribution in [3.8, 4) is 17.2 Å². The summed E-state index contributed by atoms with van der Waals surface area (Å²) in [5, 5.41) is 0.724. The fourth-order valence-corrected chi connectivity index (χ4v) is 4.48. The lowest BCUT2D eigenvalue weighted by Crippen LogP contribution is -2.11. The molecule has 0 spiro atoms. The lowest BCUT2D eigenvalue weighted by atomic mass is 10.0. The Kier molecular flexibility index (Phi) is 6.37. The van der Waals surface area contributed by atoms with Crippen molar-refractivity contribution >= 4 is 22.7 Å². The van der Waals surface area contributed by atoms with E-state index in [9.17, 15) is 9.59 Å². The highest BCUT2D eigenvalue weighted by molar-refractivity contribution is 6.18. The number of carbonyl (C=O) groups excluding carboxylic acids is 2. The zero-order valence-electron chi connectivity index (χ0n) is 20.1. The maximum atomic E-state index is 13.7. The molecule has 5 heteroatoms. The zero-order chi connectivity index (χ0) is 25.1. The monoisotopic (exact) mass is 475 g/mol. The Morgan fingerprint density at radius 2 is 1.42 bits per heavy atom. The summed E-state index contributed by atoms with van der Waals surface area (Å²) in [6.45, 7) is 1.93. The summed E-state index contributed by atoms with van der Waals surface area (Å²) in [4.78, 5) is 26.3. The number of ether oxygens (including phenoxy) is 2. The molecule has 5 aromatic rings. The number of methoxy groups -OCH3 is 1. The highest BCUT2D eigenvalue weighted by Gasteiger charge is 2.23. The van der Waals surface area contributed by atoms with E-state index < -0.39 is 0 Å². The Labute approximate surface area is 209 Å². The molecule has 5 nitrogen and oxygen atoms in total. The van der Waals surface area contributed by atoms with Gasteiger partial charge in [0.05, 0.1) is 24.6 Å². The molecule has 0 aliphatic carbocycles. The van der Waals surface area contributed by atoms with Crippen LogP contribution in [0.25, 0.3) is 16.6 Å². The third-order valence-corrected chi connectivity index (χ3v) is 6.19. The second kappa shape index (κ2) is 9.92. The molecule has 5 rings (SSSR count). The molecule has 0 aliphatic heterocycles. The van der Waals surface area contributed by atoms with E-state index in [-0.39, 0.29) is 18.2 Å². The van der Waals surface area contributed by atoms with Crippen molar-refractivity contribution in [2.24, 2.45) is 0 Å². The highest BCUT2D eigenvalue weighted by atomic mass is 16.5. The van der Waals surface area contributed by atoms with Gasteiger partial charge in [-0.25, -0.2) is 0 Å². The van der Waals surface area contributed by atoms with Crippen LogP contribution in [0.5, 0.6) is 11.5 Å². The van der Waals surface area contributed by atoms with Crippen molar-refractivity contribution in [1.29, 1.82) is 0 Å². The van der Waals surface area contributed by atoms with E-state index in [1.54, 1.807) is 19.2 Å². The van der Waals surface area contributed by atoms with Gasteiger partial charge in [0.2, 0.25) is 0 Å². The van der Waals surface area contributed by atoms with Crippen molar-refractivity contribution in [2.45, 2.75) is 13.3 Å². The van der Waals surface area contributed by atoms with E-state index >= 15 is 0 Å². The van der Waals surface area contributed by atoms with E-state index in [0.717, 1.165) is 33.6 Å². The minimum atomic E-state index is -0.359. The van der Waals surface area contributed by atoms with Crippen molar-refractivity contribution in [1.82, 2.24) is 4.57 Å². The van der Waals surface area contributed by atoms with Crippen molar-refractivity contribution in [3.05, 3.63) is 126 Å². The Morgan fingerprint density at radius 3 is 2.08 bits per heavy atom. The number of rotatable bonds is 7. The number of esters is 1. The quantitative estimate of drug-likeness (QED) is 0.157. The highest BCUT2D eigenvalue weighted by Crippen LogP contribution is 2.34. The number of fused-ring (bicyclic) bond motifs is 1. The molecule has 0 saturated carbocycles. The summed E-state index contributed by atoms with van der Waals surface area (Å²) < 4.78 is 13.0. The van der Waals surface area contributed by atoms with Crippen LogP contribution in [0.15, 0.2) is 103 Å². The number of carbonyl (C=O) groups is 2. The minimum Gasteiger partial charge on any atom is -0.497 e. The lowest BCUT2D eigenvalue weighted by molar-refractivity contribution is -0.133. The van der Waals surface area contributed by atoms with Gasteiger partial charge in [-0.2, -0.15) is 0 Å². The average Bonchev–Trinajstić information content (AvgIpc) is 3.20. The SMILES string of the molecule is COc1ccc(-n2c(C)c(C(=O)c3ccccc3)c3cc(OC(=O)Cc4ccccc4)ccc32)cc1. The number of nitrogens with zero attached hydrogens (tertiary/aromatic N) is 1. The van der Waals surface area contributed by atoms with Gasteiger partial charge in [0.25, 0.3) is 0 Å². The van der Waals surface area contributed by atoms with Crippen LogP contribution < -0.4 is 9.47 Å². The summed E-state index contributed by atoms with van der Waals surface area (Å²) in [6.07, 6.45) is 0.167. The normalized spacial score (nSPS) is 10.8. The van der Waals surface area contributed by atoms with Gasteiger partial charge < -0.3 is 14.0 Å². The Balaban J connectivity index is 1.59. The molecule has 0 amide bonds. The first-order valence-electron chi connectivity index (χ1n) is 11.7. The van der Waals surface area contributed by atoms with Crippen molar-refractivity contribution < 1.29 is 19.1 Å². The van der Waals surface area contributed by atoms with E-state index in [1.165, 1.54) is 0 Å². The molecule has 4 aromatic carbocycles. The Morgan fingerprint density at radius 1 is 0.778 bits per heavy atom. The van der Waals surface area contributed by atoms with Crippen LogP contribution in [0.4, 0.5) is 0 Å². The first kappa shape index (κ1) is 23.1. The topological polar surface area (TPSA) is 57.5 Å². The zero-order valence-corrected chi connectivity index (χ0v) is 20.1. The molecule has 36 heavy (non-hydrogen) atoms. The number of aromatic nitrogens is 1. The predicted octanol–water partition coefficient (Wildman–Crippen LogP) is 6.33. The van der Waals surface area contributed by atoms with Gasteiger partial charge in [-0.3, -0.25) is 9.59 Å². The fraction of sp³-hybridized carbons (Fsp3) is 0.0968. The van der Waals surface area contributed by atoms with Gasteiger partial charge in [0, 0.05) is 22.3 Å². The standard InChI is InChI=1S/C31H25NO4/c1-21-30(31(34)23-11-7-4-8-12-23)27-20-26(36-29(33)19-22-9-5-3-6-10-22)17-18-28(27)32(21)24-13-15-25(35-2)16-14-24/h3-18,20H,19H2,1-2H3. The van der Waals surface area contributed by atoms with E-state index in [4.69, 9.17) is 9.47 Å². The predicted molar refractivity (Wildman–Crippen MR) is 140 cm³/mol. The van der Waals surface area contributed by atoms with E-state index in [0.29, 0.717) is 16.9 Å². The summed E-state index contributed by atoms with van der Waals surface area (Å²) in [6, 6.07) is 31.8. The molecule has 1 heterocycles. The molecule has 0 saturated heterocycles.